The number of likely N-dealkylation sites (N-methyl/N-ethyl adjacent to an activating group) is 1. The van der Waals surface area contributed by atoms with E-state index in [-0.39, 0.29) is 18.4 Å². The molecule has 180 valence electrons. The van der Waals surface area contributed by atoms with Gasteiger partial charge in [0.05, 0.1) is 0 Å². The Kier molecular flexibility index (Phi) is 6.64. The predicted molar refractivity (Wildman–Crippen MR) is 128 cm³/mol. The number of alkyl carbamates (subject to hydrolysis) is 1. The normalized spacial score (nSPS) is 17.5. The summed E-state index contributed by atoms with van der Waals surface area (Å²) in [4.78, 5) is 39.3. The molecule has 34 heavy (non-hydrogen) atoms. The maximum absolute atomic E-state index is 13.3. The molecule has 2 aliphatic carbocycles. The number of carbonyl (C=O) groups excluding carboxylic acids is 2. The second-order valence-electron chi connectivity index (χ2n) is 9.42. The first-order chi connectivity index (χ1) is 16.3. The van der Waals surface area contributed by atoms with E-state index < -0.39 is 29.6 Å². The van der Waals surface area contributed by atoms with Crippen molar-refractivity contribution in [2.24, 2.45) is 5.92 Å². The Hall–Kier alpha value is -3.35. The number of carboxylic acids is 1. The quantitative estimate of drug-likeness (QED) is 0.604. The van der Waals surface area contributed by atoms with Crippen LogP contribution < -0.4 is 5.32 Å². The Morgan fingerprint density at radius 2 is 1.65 bits per heavy atom. The molecule has 7 nitrogen and oxygen atoms in total. The minimum absolute atomic E-state index is 0.0798. The molecule has 0 heterocycles. The van der Waals surface area contributed by atoms with E-state index in [1.54, 1.807) is 0 Å². The van der Waals surface area contributed by atoms with Crippen molar-refractivity contribution in [2.75, 3.05) is 13.7 Å². The van der Waals surface area contributed by atoms with E-state index in [2.05, 4.69) is 17.4 Å². The third-order valence-corrected chi connectivity index (χ3v) is 7.65. The number of carboxylic acid groups (broad SMARTS) is 1. The molecule has 1 saturated carbocycles. The molecule has 0 spiro atoms. The van der Waals surface area contributed by atoms with Gasteiger partial charge in [-0.2, -0.15) is 0 Å². The molecule has 0 bridgehead atoms. The fourth-order valence-electron chi connectivity index (χ4n) is 5.07. The van der Waals surface area contributed by atoms with Crippen LogP contribution in [-0.2, 0) is 14.3 Å². The number of nitrogens with zero attached hydrogens (tertiary/aromatic N) is 1. The number of hydrogen-bond acceptors (Lipinski definition) is 4. The lowest BCUT2D eigenvalue weighted by Gasteiger charge is -2.46. The number of aliphatic carboxylic acids is 1. The molecule has 4 rings (SSSR count). The molecule has 2 N–H and O–H groups in total. The average molecular weight is 465 g/mol. The Labute approximate surface area is 200 Å². The van der Waals surface area contributed by atoms with Crippen LogP contribution in [0.15, 0.2) is 48.5 Å². The lowest BCUT2D eigenvalue weighted by Crippen LogP contribution is -2.64. The Morgan fingerprint density at radius 3 is 2.12 bits per heavy atom. The summed E-state index contributed by atoms with van der Waals surface area (Å²) in [6.07, 6.45) is 1.57. The van der Waals surface area contributed by atoms with Crippen LogP contribution in [0.2, 0.25) is 0 Å². The number of rotatable bonds is 8. The van der Waals surface area contributed by atoms with Gasteiger partial charge in [-0.05, 0) is 47.4 Å². The molecule has 2 aromatic carbocycles. The Bertz CT molecular complexity index is 1050. The van der Waals surface area contributed by atoms with E-state index in [1.807, 2.05) is 50.2 Å². The van der Waals surface area contributed by atoms with Crippen LogP contribution >= 0.6 is 0 Å². The van der Waals surface area contributed by atoms with E-state index in [1.165, 1.54) is 11.9 Å². The van der Waals surface area contributed by atoms with Crippen LogP contribution in [0.5, 0.6) is 0 Å². The van der Waals surface area contributed by atoms with Crippen molar-refractivity contribution in [1.29, 1.82) is 0 Å². The summed E-state index contributed by atoms with van der Waals surface area (Å²) in [5.74, 6) is -1.66. The van der Waals surface area contributed by atoms with Crippen molar-refractivity contribution in [3.63, 3.8) is 0 Å². The van der Waals surface area contributed by atoms with Crippen molar-refractivity contribution >= 4 is 18.0 Å². The Morgan fingerprint density at radius 1 is 1.09 bits per heavy atom. The van der Waals surface area contributed by atoms with E-state index in [4.69, 9.17) is 4.74 Å². The molecular formula is C27H32N2O5. The summed E-state index contributed by atoms with van der Waals surface area (Å²) in [7, 11) is 1.52. The zero-order chi connectivity index (χ0) is 24.5. The van der Waals surface area contributed by atoms with Gasteiger partial charge in [-0.15, -0.1) is 0 Å². The first-order valence-electron chi connectivity index (χ1n) is 11.9. The molecule has 0 saturated heterocycles. The average Bonchev–Trinajstić information content (AvgIpc) is 3.13. The van der Waals surface area contributed by atoms with E-state index >= 15 is 0 Å². The van der Waals surface area contributed by atoms with Crippen LogP contribution in [0.4, 0.5) is 4.79 Å². The van der Waals surface area contributed by atoms with Gasteiger partial charge in [-0.1, -0.05) is 68.8 Å². The van der Waals surface area contributed by atoms with E-state index in [0.717, 1.165) is 28.7 Å². The van der Waals surface area contributed by atoms with Gasteiger partial charge in [0, 0.05) is 13.0 Å². The van der Waals surface area contributed by atoms with Gasteiger partial charge in [0.25, 0.3) is 0 Å². The zero-order valence-corrected chi connectivity index (χ0v) is 19.9. The SMILES string of the molecule is CCC(C)C(NC(=O)OCC1c2ccccc2-c2ccccc21)C(=O)N(C)C1(C(=O)O)CCC1. The number of carbonyl (C=O) groups is 3. The van der Waals surface area contributed by atoms with Crippen molar-refractivity contribution in [3.8, 4) is 11.1 Å². The summed E-state index contributed by atoms with van der Waals surface area (Å²) >= 11 is 0. The summed E-state index contributed by atoms with van der Waals surface area (Å²) in [6, 6.07) is 15.3. The van der Waals surface area contributed by atoms with Crippen molar-refractivity contribution in [1.82, 2.24) is 10.2 Å². The highest BCUT2D eigenvalue weighted by Gasteiger charge is 2.51. The van der Waals surface area contributed by atoms with Crippen LogP contribution in [0, 0.1) is 5.92 Å². The molecule has 1 fully saturated rings. The van der Waals surface area contributed by atoms with Crippen molar-refractivity contribution < 1.29 is 24.2 Å². The van der Waals surface area contributed by atoms with Gasteiger partial charge >= 0.3 is 12.1 Å². The molecule has 2 amide bonds. The highest BCUT2D eigenvalue weighted by Crippen LogP contribution is 2.44. The number of benzene rings is 2. The molecule has 2 aromatic rings. The van der Waals surface area contributed by atoms with Gasteiger partial charge in [-0.3, -0.25) is 4.79 Å². The van der Waals surface area contributed by atoms with Gasteiger partial charge in [0.2, 0.25) is 5.91 Å². The Balaban J connectivity index is 1.46. The first-order valence-corrected chi connectivity index (χ1v) is 11.9. The molecule has 0 aliphatic heterocycles. The second-order valence-corrected chi connectivity index (χ2v) is 9.42. The van der Waals surface area contributed by atoms with Gasteiger partial charge in [0.1, 0.15) is 18.2 Å². The smallest absolute Gasteiger partial charge is 0.407 e. The number of amides is 2. The van der Waals surface area contributed by atoms with Crippen molar-refractivity contribution in [2.45, 2.75) is 57.0 Å². The fourth-order valence-corrected chi connectivity index (χ4v) is 5.07. The minimum atomic E-state index is -1.19. The molecule has 7 heteroatoms. The molecule has 2 atom stereocenters. The topological polar surface area (TPSA) is 95.9 Å². The third kappa shape index (κ3) is 4.04. The number of hydrogen-bond donors (Lipinski definition) is 2. The number of nitrogens with one attached hydrogen (secondary N) is 1. The predicted octanol–water partition coefficient (Wildman–Crippen LogP) is 4.41. The molecule has 2 aliphatic rings. The third-order valence-electron chi connectivity index (χ3n) is 7.65. The van der Waals surface area contributed by atoms with Crippen LogP contribution in [0.1, 0.15) is 56.6 Å². The lowest BCUT2D eigenvalue weighted by atomic mass is 9.75. The minimum Gasteiger partial charge on any atom is -0.479 e. The largest absolute Gasteiger partial charge is 0.479 e. The maximum Gasteiger partial charge on any atom is 0.407 e. The van der Waals surface area contributed by atoms with Gasteiger partial charge in [-0.25, -0.2) is 9.59 Å². The maximum atomic E-state index is 13.3. The summed E-state index contributed by atoms with van der Waals surface area (Å²) in [5, 5.41) is 12.5. The number of fused-ring (bicyclic) bond motifs is 3. The van der Waals surface area contributed by atoms with Gasteiger partial charge in [0.15, 0.2) is 0 Å². The molecule has 2 unspecified atom stereocenters. The number of ether oxygens (including phenoxy) is 1. The monoisotopic (exact) mass is 464 g/mol. The van der Waals surface area contributed by atoms with E-state index in [0.29, 0.717) is 19.3 Å². The standard InChI is InChI=1S/C27H32N2O5/c1-4-17(2)23(24(30)29(3)27(25(31)32)14-9-15-27)28-26(33)34-16-22-20-12-7-5-10-18(20)19-11-6-8-13-21(19)22/h5-8,10-13,17,22-23H,4,9,14-16H2,1-3H3,(H,28,33)(H,31,32). The summed E-state index contributed by atoms with van der Waals surface area (Å²) in [5.41, 5.74) is 3.31. The highest BCUT2D eigenvalue weighted by atomic mass is 16.5. The summed E-state index contributed by atoms with van der Waals surface area (Å²) < 4.78 is 5.63. The summed E-state index contributed by atoms with van der Waals surface area (Å²) in [6.45, 7) is 3.95. The molecule has 0 aromatic heterocycles. The van der Waals surface area contributed by atoms with Crippen LogP contribution in [0.3, 0.4) is 0 Å². The van der Waals surface area contributed by atoms with Crippen LogP contribution in [0.25, 0.3) is 11.1 Å². The molecular weight excluding hydrogens is 432 g/mol. The first kappa shape index (κ1) is 23.8. The lowest BCUT2D eigenvalue weighted by molar-refractivity contribution is -0.165. The zero-order valence-electron chi connectivity index (χ0n) is 19.9. The van der Waals surface area contributed by atoms with Crippen molar-refractivity contribution in [3.05, 3.63) is 59.7 Å². The highest BCUT2D eigenvalue weighted by molar-refractivity contribution is 5.92. The molecule has 0 radical (unpaired) electrons. The fraction of sp³-hybridized carbons (Fsp3) is 0.444. The van der Waals surface area contributed by atoms with Crippen LogP contribution in [-0.4, -0.2) is 53.2 Å². The van der Waals surface area contributed by atoms with E-state index in [9.17, 15) is 19.5 Å². The second kappa shape index (κ2) is 9.49. The van der Waals surface area contributed by atoms with Gasteiger partial charge < -0.3 is 20.1 Å².